The molecule has 1 saturated heterocycles. The van der Waals surface area contributed by atoms with Crippen molar-refractivity contribution in [2.24, 2.45) is 13.0 Å². The van der Waals surface area contributed by atoms with Gasteiger partial charge in [-0.1, -0.05) is 6.92 Å². The number of amides is 1. The predicted octanol–water partition coefficient (Wildman–Crippen LogP) is 2.02. The Kier molecular flexibility index (Phi) is 3.80. The molecule has 0 saturated carbocycles. The molecule has 1 fully saturated rings. The molecule has 2 unspecified atom stereocenters. The number of nitro groups is 1. The van der Waals surface area contributed by atoms with Crippen LogP contribution < -0.4 is 0 Å². The lowest BCUT2D eigenvalue weighted by molar-refractivity contribution is -0.384. The number of aryl methyl sites for hydroxylation is 1. The van der Waals surface area contributed by atoms with Crippen LogP contribution in [0.2, 0.25) is 0 Å². The molecule has 1 aliphatic rings. The summed E-state index contributed by atoms with van der Waals surface area (Å²) in [6, 6.07) is 1.32. The third kappa shape index (κ3) is 2.45. The van der Waals surface area contributed by atoms with Gasteiger partial charge in [-0.15, -0.1) is 11.6 Å². The average Bonchev–Trinajstić information content (AvgIpc) is 2.91. The third-order valence-corrected chi connectivity index (χ3v) is 4.04. The fourth-order valence-corrected chi connectivity index (χ4v) is 2.97. The SMILES string of the molecule is CC1CCN(C(=O)c2cc([N+](=O)[O-])cn2C)C1CCl. The Morgan fingerprint density at radius 2 is 2.32 bits per heavy atom. The van der Waals surface area contributed by atoms with Gasteiger partial charge in [0.2, 0.25) is 0 Å². The Labute approximate surface area is 116 Å². The molecule has 0 bridgehead atoms. The van der Waals surface area contributed by atoms with Gasteiger partial charge in [0, 0.05) is 31.6 Å². The summed E-state index contributed by atoms with van der Waals surface area (Å²) in [6.07, 6.45) is 2.26. The monoisotopic (exact) mass is 285 g/mol. The van der Waals surface area contributed by atoms with Gasteiger partial charge in [-0.25, -0.2) is 0 Å². The molecule has 0 spiro atoms. The molecule has 2 rings (SSSR count). The lowest BCUT2D eigenvalue weighted by Gasteiger charge is -2.25. The summed E-state index contributed by atoms with van der Waals surface area (Å²) in [7, 11) is 1.63. The number of aromatic nitrogens is 1. The first kappa shape index (κ1) is 13.9. The van der Waals surface area contributed by atoms with Crippen LogP contribution in [0, 0.1) is 16.0 Å². The van der Waals surface area contributed by atoms with Crippen molar-refractivity contribution in [3.05, 3.63) is 28.1 Å². The largest absolute Gasteiger partial charge is 0.340 e. The van der Waals surface area contributed by atoms with Crippen molar-refractivity contribution in [3.8, 4) is 0 Å². The molecule has 7 heteroatoms. The highest BCUT2D eigenvalue weighted by molar-refractivity contribution is 6.18. The number of carbonyl (C=O) groups excluding carboxylic acids is 1. The van der Waals surface area contributed by atoms with Gasteiger partial charge in [0.15, 0.2) is 0 Å². The quantitative estimate of drug-likeness (QED) is 0.485. The van der Waals surface area contributed by atoms with Crippen molar-refractivity contribution in [1.82, 2.24) is 9.47 Å². The molecular weight excluding hydrogens is 270 g/mol. The van der Waals surface area contributed by atoms with E-state index in [1.165, 1.54) is 16.8 Å². The second kappa shape index (κ2) is 5.21. The van der Waals surface area contributed by atoms with Gasteiger partial charge in [0.25, 0.3) is 11.6 Å². The smallest absolute Gasteiger partial charge is 0.287 e. The molecule has 2 heterocycles. The molecule has 104 valence electrons. The number of halogens is 1. The van der Waals surface area contributed by atoms with Gasteiger partial charge in [-0.3, -0.25) is 14.9 Å². The minimum absolute atomic E-state index is 0.00289. The van der Waals surface area contributed by atoms with Crippen molar-refractivity contribution in [2.75, 3.05) is 12.4 Å². The first-order valence-electron chi connectivity index (χ1n) is 6.13. The zero-order valence-corrected chi connectivity index (χ0v) is 11.6. The van der Waals surface area contributed by atoms with Gasteiger partial charge in [-0.05, 0) is 12.3 Å². The van der Waals surface area contributed by atoms with E-state index in [2.05, 4.69) is 6.92 Å². The van der Waals surface area contributed by atoms with Gasteiger partial charge in [-0.2, -0.15) is 0 Å². The van der Waals surface area contributed by atoms with Gasteiger partial charge in [0.05, 0.1) is 11.1 Å². The molecule has 1 aliphatic heterocycles. The number of carbonyl (C=O) groups is 1. The summed E-state index contributed by atoms with van der Waals surface area (Å²) in [4.78, 5) is 24.4. The average molecular weight is 286 g/mol. The van der Waals surface area contributed by atoms with E-state index in [9.17, 15) is 14.9 Å². The van der Waals surface area contributed by atoms with E-state index >= 15 is 0 Å². The molecule has 19 heavy (non-hydrogen) atoms. The molecule has 6 nitrogen and oxygen atoms in total. The van der Waals surface area contributed by atoms with E-state index in [1.807, 2.05) is 0 Å². The Balaban J connectivity index is 2.27. The van der Waals surface area contributed by atoms with Crippen LogP contribution in [0.3, 0.4) is 0 Å². The summed E-state index contributed by atoms with van der Waals surface area (Å²) >= 11 is 5.92. The molecule has 1 aromatic rings. The lowest BCUT2D eigenvalue weighted by atomic mass is 10.1. The Bertz CT molecular complexity index is 514. The molecule has 2 atom stereocenters. The second-order valence-corrected chi connectivity index (χ2v) is 5.25. The zero-order chi connectivity index (χ0) is 14.2. The van der Waals surface area contributed by atoms with Gasteiger partial charge < -0.3 is 9.47 Å². The van der Waals surface area contributed by atoms with E-state index in [0.29, 0.717) is 24.0 Å². The highest BCUT2D eigenvalue weighted by Gasteiger charge is 2.35. The van der Waals surface area contributed by atoms with Crippen LogP contribution in [-0.2, 0) is 7.05 Å². The summed E-state index contributed by atoms with van der Waals surface area (Å²) in [5.41, 5.74) is 0.261. The first-order valence-corrected chi connectivity index (χ1v) is 6.66. The Morgan fingerprint density at radius 3 is 2.84 bits per heavy atom. The number of alkyl halides is 1. The van der Waals surface area contributed by atoms with Gasteiger partial charge in [0.1, 0.15) is 5.69 Å². The molecule has 0 aliphatic carbocycles. The van der Waals surface area contributed by atoms with Crippen LogP contribution in [0.25, 0.3) is 0 Å². The van der Waals surface area contributed by atoms with E-state index in [0.717, 1.165) is 6.42 Å². The van der Waals surface area contributed by atoms with Crippen LogP contribution in [0.1, 0.15) is 23.8 Å². The number of hydrogen-bond donors (Lipinski definition) is 0. The van der Waals surface area contributed by atoms with E-state index in [-0.39, 0.29) is 17.6 Å². The molecule has 1 aromatic heterocycles. The number of hydrogen-bond acceptors (Lipinski definition) is 3. The van der Waals surface area contributed by atoms with Crippen molar-refractivity contribution >= 4 is 23.2 Å². The summed E-state index contributed by atoms with van der Waals surface area (Å²) in [6.45, 7) is 2.71. The van der Waals surface area contributed by atoms with Crippen molar-refractivity contribution in [3.63, 3.8) is 0 Å². The Hall–Kier alpha value is -1.56. The third-order valence-electron chi connectivity index (χ3n) is 3.72. The molecular formula is C12H16ClN3O3. The summed E-state index contributed by atoms with van der Waals surface area (Å²) in [5.74, 6) is 0.557. The van der Waals surface area contributed by atoms with Crippen LogP contribution in [-0.4, -0.2) is 38.8 Å². The standard InChI is InChI=1S/C12H16ClN3O3/c1-8-3-4-15(11(8)6-13)12(17)10-5-9(16(18)19)7-14(10)2/h5,7-8,11H,3-4,6H2,1-2H3. The van der Waals surface area contributed by atoms with Crippen LogP contribution in [0.5, 0.6) is 0 Å². The molecule has 0 N–H and O–H groups in total. The van der Waals surface area contributed by atoms with Crippen LogP contribution in [0.15, 0.2) is 12.3 Å². The van der Waals surface area contributed by atoms with Crippen molar-refractivity contribution < 1.29 is 9.72 Å². The number of likely N-dealkylation sites (tertiary alicyclic amines) is 1. The van der Waals surface area contributed by atoms with Crippen molar-refractivity contribution in [2.45, 2.75) is 19.4 Å². The van der Waals surface area contributed by atoms with E-state index in [4.69, 9.17) is 11.6 Å². The normalized spacial score (nSPS) is 22.8. The fraction of sp³-hybridized carbons (Fsp3) is 0.583. The first-order chi connectivity index (χ1) is 8.95. The summed E-state index contributed by atoms with van der Waals surface area (Å²) < 4.78 is 1.49. The fourth-order valence-electron chi connectivity index (χ4n) is 2.50. The maximum absolute atomic E-state index is 12.4. The second-order valence-electron chi connectivity index (χ2n) is 4.94. The van der Waals surface area contributed by atoms with Crippen molar-refractivity contribution in [1.29, 1.82) is 0 Å². The van der Waals surface area contributed by atoms with Gasteiger partial charge >= 0.3 is 0 Å². The number of rotatable bonds is 3. The molecule has 0 aromatic carbocycles. The van der Waals surface area contributed by atoms with E-state index in [1.54, 1.807) is 11.9 Å². The highest BCUT2D eigenvalue weighted by atomic mass is 35.5. The lowest BCUT2D eigenvalue weighted by Crippen LogP contribution is -2.39. The van der Waals surface area contributed by atoms with Crippen LogP contribution in [0.4, 0.5) is 5.69 Å². The predicted molar refractivity (Wildman–Crippen MR) is 71.4 cm³/mol. The summed E-state index contributed by atoms with van der Waals surface area (Å²) in [5, 5.41) is 10.7. The van der Waals surface area contributed by atoms with E-state index < -0.39 is 4.92 Å². The molecule has 0 radical (unpaired) electrons. The Morgan fingerprint density at radius 1 is 1.63 bits per heavy atom. The minimum atomic E-state index is -0.498. The van der Waals surface area contributed by atoms with Crippen LogP contribution >= 0.6 is 11.6 Å². The highest BCUT2D eigenvalue weighted by Crippen LogP contribution is 2.27. The number of nitrogens with zero attached hydrogens (tertiary/aromatic N) is 3. The maximum atomic E-state index is 12.4. The zero-order valence-electron chi connectivity index (χ0n) is 10.9. The topological polar surface area (TPSA) is 68.4 Å². The minimum Gasteiger partial charge on any atom is -0.340 e. The maximum Gasteiger partial charge on any atom is 0.287 e. The molecule has 1 amide bonds.